The van der Waals surface area contributed by atoms with Crippen LogP contribution in [0.1, 0.15) is 17.2 Å². The molecule has 20 heavy (non-hydrogen) atoms. The maximum atomic E-state index is 6.35. The molecule has 0 amide bonds. The molecule has 1 atom stereocenters. The summed E-state index contributed by atoms with van der Waals surface area (Å²) in [5.41, 5.74) is 8.05. The van der Waals surface area contributed by atoms with Gasteiger partial charge in [0.1, 0.15) is 5.75 Å². The molecular formula is C14H11Br2Cl2NO. The Morgan fingerprint density at radius 1 is 1.00 bits per heavy atom. The van der Waals surface area contributed by atoms with Crippen LogP contribution < -0.4 is 10.5 Å². The van der Waals surface area contributed by atoms with Gasteiger partial charge >= 0.3 is 0 Å². The molecule has 2 rings (SSSR count). The number of hydrogen-bond acceptors (Lipinski definition) is 2. The molecule has 0 radical (unpaired) electrons. The minimum absolute atomic E-state index is 0.383. The Kier molecular flexibility index (Phi) is 5.37. The third-order valence-electron chi connectivity index (χ3n) is 2.87. The molecule has 2 nitrogen and oxygen atoms in total. The Morgan fingerprint density at radius 3 is 2.25 bits per heavy atom. The number of rotatable bonds is 3. The molecule has 0 saturated heterocycles. The van der Waals surface area contributed by atoms with Crippen molar-refractivity contribution < 1.29 is 4.74 Å². The van der Waals surface area contributed by atoms with Gasteiger partial charge in [0, 0.05) is 20.1 Å². The van der Waals surface area contributed by atoms with Gasteiger partial charge in [0.25, 0.3) is 0 Å². The van der Waals surface area contributed by atoms with Crippen LogP contribution in [0.4, 0.5) is 0 Å². The molecular weight excluding hydrogens is 429 g/mol. The summed E-state index contributed by atoms with van der Waals surface area (Å²) in [5.74, 6) is 0.670. The minimum Gasteiger partial charge on any atom is -0.495 e. The normalized spacial score (nSPS) is 12.3. The highest BCUT2D eigenvalue weighted by Crippen LogP contribution is 2.39. The van der Waals surface area contributed by atoms with E-state index in [0.29, 0.717) is 15.8 Å². The summed E-state index contributed by atoms with van der Waals surface area (Å²) in [4.78, 5) is 0. The quantitative estimate of drug-likeness (QED) is 0.678. The van der Waals surface area contributed by atoms with E-state index in [0.717, 1.165) is 20.1 Å². The maximum Gasteiger partial charge on any atom is 0.138 e. The summed E-state index contributed by atoms with van der Waals surface area (Å²) in [6, 6.07) is 8.68. The van der Waals surface area contributed by atoms with Crippen molar-refractivity contribution in [2.75, 3.05) is 7.11 Å². The van der Waals surface area contributed by atoms with Crippen molar-refractivity contribution in [1.29, 1.82) is 0 Å². The number of nitrogens with two attached hydrogens (primary N) is 1. The van der Waals surface area contributed by atoms with Gasteiger partial charge < -0.3 is 10.5 Å². The Bertz CT molecular complexity index is 649. The summed E-state index contributed by atoms with van der Waals surface area (Å²) < 4.78 is 7.02. The topological polar surface area (TPSA) is 35.2 Å². The fourth-order valence-corrected chi connectivity index (χ4v) is 3.87. The summed E-state index contributed by atoms with van der Waals surface area (Å²) in [6.07, 6.45) is 0. The van der Waals surface area contributed by atoms with Gasteiger partial charge in [0.2, 0.25) is 0 Å². The molecule has 2 N–H and O–H groups in total. The number of benzene rings is 2. The first kappa shape index (κ1) is 16.1. The van der Waals surface area contributed by atoms with Crippen LogP contribution in [-0.2, 0) is 0 Å². The van der Waals surface area contributed by atoms with E-state index in [2.05, 4.69) is 31.9 Å². The van der Waals surface area contributed by atoms with E-state index >= 15 is 0 Å². The first-order chi connectivity index (χ1) is 9.43. The standard InChI is InChI=1S/C14H11Br2Cl2NO/c1-20-14-10(4-8(18)6-12(14)16)13(19)9-3-2-7(17)5-11(9)15/h2-6,13H,19H2,1H3. The van der Waals surface area contributed by atoms with Gasteiger partial charge in [-0.1, -0.05) is 45.2 Å². The molecule has 0 fully saturated rings. The maximum absolute atomic E-state index is 6.35. The molecule has 0 spiro atoms. The van der Waals surface area contributed by atoms with Crippen LogP contribution in [0.3, 0.4) is 0 Å². The lowest BCUT2D eigenvalue weighted by atomic mass is 9.99. The molecule has 0 bridgehead atoms. The van der Waals surface area contributed by atoms with Crippen molar-refractivity contribution in [3.63, 3.8) is 0 Å². The molecule has 0 aliphatic carbocycles. The zero-order chi connectivity index (χ0) is 14.9. The van der Waals surface area contributed by atoms with Crippen molar-refractivity contribution >= 4 is 55.1 Å². The number of ether oxygens (including phenoxy) is 1. The highest BCUT2D eigenvalue weighted by molar-refractivity contribution is 9.10. The summed E-state index contributed by atoms with van der Waals surface area (Å²) in [6.45, 7) is 0. The van der Waals surface area contributed by atoms with Crippen molar-refractivity contribution in [3.05, 3.63) is 60.4 Å². The van der Waals surface area contributed by atoms with Crippen LogP contribution in [0.5, 0.6) is 5.75 Å². The van der Waals surface area contributed by atoms with Gasteiger partial charge in [-0.25, -0.2) is 0 Å². The van der Waals surface area contributed by atoms with Gasteiger partial charge in [-0.05, 0) is 45.8 Å². The van der Waals surface area contributed by atoms with Gasteiger partial charge in [0.05, 0.1) is 17.6 Å². The summed E-state index contributed by atoms with van der Waals surface area (Å²) in [5, 5.41) is 1.24. The molecule has 106 valence electrons. The van der Waals surface area contributed by atoms with Crippen molar-refractivity contribution in [2.45, 2.75) is 6.04 Å². The van der Waals surface area contributed by atoms with Crippen LogP contribution in [0.15, 0.2) is 39.3 Å². The summed E-state index contributed by atoms with van der Waals surface area (Å²) in [7, 11) is 1.60. The largest absolute Gasteiger partial charge is 0.495 e. The second kappa shape index (κ2) is 6.67. The molecule has 0 aliphatic heterocycles. The van der Waals surface area contributed by atoms with E-state index in [-0.39, 0.29) is 6.04 Å². The first-order valence-corrected chi connectivity index (χ1v) is 8.01. The van der Waals surface area contributed by atoms with E-state index in [1.54, 1.807) is 25.3 Å². The molecule has 2 aromatic rings. The lowest BCUT2D eigenvalue weighted by molar-refractivity contribution is 0.405. The van der Waals surface area contributed by atoms with E-state index < -0.39 is 0 Å². The van der Waals surface area contributed by atoms with Gasteiger partial charge in [0.15, 0.2) is 0 Å². The second-order valence-electron chi connectivity index (χ2n) is 4.15. The lowest BCUT2D eigenvalue weighted by Crippen LogP contribution is -2.14. The molecule has 0 aromatic heterocycles. The van der Waals surface area contributed by atoms with Crippen molar-refractivity contribution in [3.8, 4) is 5.75 Å². The fraction of sp³-hybridized carbons (Fsp3) is 0.143. The smallest absolute Gasteiger partial charge is 0.138 e. The molecule has 2 aromatic carbocycles. The number of methoxy groups -OCH3 is 1. The third-order valence-corrected chi connectivity index (χ3v) is 4.60. The van der Waals surface area contributed by atoms with Gasteiger partial charge in [-0.15, -0.1) is 0 Å². The van der Waals surface area contributed by atoms with Crippen molar-refractivity contribution in [1.82, 2.24) is 0 Å². The van der Waals surface area contributed by atoms with Crippen LogP contribution in [0.2, 0.25) is 10.0 Å². The Labute approximate surface area is 144 Å². The Hall–Kier alpha value is -0.260. The molecule has 0 aliphatic rings. The monoisotopic (exact) mass is 437 g/mol. The van der Waals surface area contributed by atoms with Gasteiger partial charge in [-0.3, -0.25) is 0 Å². The third kappa shape index (κ3) is 3.31. The highest BCUT2D eigenvalue weighted by Gasteiger charge is 2.19. The average Bonchev–Trinajstić information content (AvgIpc) is 2.37. The van der Waals surface area contributed by atoms with Crippen LogP contribution >= 0.6 is 55.1 Å². The molecule has 1 unspecified atom stereocenters. The minimum atomic E-state index is -0.383. The van der Waals surface area contributed by atoms with E-state index in [1.807, 2.05) is 12.1 Å². The Morgan fingerprint density at radius 2 is 1.65 bits per heavy atom. The SMILES string of the molecule is COc1c(Br)cc(Cl)cc1C(N)c1ccc(Cl)cc1Br. The van der Waals surface area contributed by atoms with E-state index in [1.165, 1.54) is 0 Å². The second-order valence-corrected chi connectivity index (χ2v) is 6.74. The number of halogens is 4. The average molecular weight is 440 g/mol. The predicted molar refractivity (Wildman–Crippen MR) is 90.9 cm³/mol. The Balaban J connectivity index is 2.55. The predicted octanol–water partition coefficient (Wildman–Crippen LogP) is 5.58. The zero-order valence-electron chi connectivity index (χ0n) is 10.5. The van der Waals surface area contributed by atoms with E-state index in [4.69, 9.17) is 33.7 Å². The van der Waals surface area contributed by atoms with Crippen LogP contribution in [-0.4, -0.2) is 7.11 Å². The highest BCUT2D eigenvalue weighted by atomic mass is 79.9. The molecule has 0 saturated carbocycles. The van der Waals surface area contributed by atoms with Crippen LogP contribution in [0.25, 0.3) is 0 Å². The van der Waals surface area contributed by atoms with Gasteiger partial charge in [-0.2, -0.15) is 0 Å². The molecule has 6 heteroatoms. The van der Waals surface area contributed by atoms with E-state index in [9.17, 15) is 0 Å². The van der Waals surface area contributed by atoms with Crippen molar-refractivity contribution in [2.24, 2.45) is 5.73 Å². The first-order valence-electron chi connectivity index (χ1n) is 5.67. The summed E-state index contributed by atoms with van der Waals surface area (Å²) >= 11 is 19.0. The zero-order valence-corrected chi connectivity index (χ0v) is 15.1. The molecule has 0 heterocycles. The lowest BCUT2D eigenvalue weighted by Gasteiger charge is -2.19. The fourth-order valence-electron chi connectivity index (χ4n) is 1.95. The number of hydrogen-bond donors (Lipinski definition) is 1. The van der Waals surface area contributed by atoms with Crippen LogP contribution in [0, 0.1) is 0 Å².